The Labute approximate surface area is 112 Å². The van der Waals surface area contributed by atoms with Gasteiger partial charge in [0.05, 0.1) is 5.54 Å². The second kappa shape index (κ2) is 5.87. The van der Waals surface area contributed by atoms with Gasteiger partial charge in [-0.2, -0.15) is 0 Å². The Kier molecular flexibility index (Phi) is 4.20. The monoisotopic (exact) mass is 262 g/mol. The third-order valence-corrected chi connectivity index (χ3v) is 3.61. The summed E-state index contributed by atoms with van der Waals surface area (Å²) in [6, 6.07) is 6.40. The maximum absolute atomic E-state index is 14.0. The van der Waals surface area contributed by atoms with Gasteiger partial charge < -0.3 is 10.6 Å². The highest BCUT2D eigenvalue weighted by molar-refractivity contribution is 5.75. The van der Waals surface area contributed by atoms with Gasteiger partial charge in [0.1, 0.15) is 5.82 Å². The molecular formula is C15H19FN2O. The topological polar surface area (TPSA) is 41.1 Å². The highest BCUT2D eigenvalue weighted by atomic mass is 19.1. The Morgan fingerprint density at radius 2 is 2.05 bits per heavy atom. The maximum Gasteiger partial charge on any atom is 0.315 e. The number of hydrogen-bond acceptors (Lipinski definition) is 1. The zero-order chi connectivity index (χ0) is 13.7. The Morgan fingerprint density at radius 1 is 1.37 bits per heavy atom. The van der Waals surface area contributed by atoms with Crippen molar-refractivity contribution in [2.45, 2.75) is 31.2 Å². The van der Waals surface area contributed by atoms with E-state index < -0.39 is 5.54 Å². The number of amides is 2. The summed E-state index contributed by atoms with van der Waals surface area (Å²) in [4.78, 5) is 11.9. The van der Waals surface area contributed by atoms with Crippen molar-refractivity contribution >= 4 is 6.03 Å². The summed E-state index contributed by atoms with van der Waals surface area (Å²) in [6.45, 7) is 3.95. The van der Waals surface area contributed by atoms with Gasteiger partial charge in [0.25, 0.3) is 0 Å². The molecule has 0 radical (unpaired) electrons. The maximum atomic E-state index is 14.0. The van der Waals surface area contributed by atoms with Crippen LogP contribution >= 0.6 is 0 Å². The van der Waals surface area contributed by atoms with Crippen LogP contribution in [0.2, 0.25) is 0 Å². The van der Waals surface area contributed by atoms with Crippen LogP contribution in [0.25, 0.3) is 0 Å². The average Bonchev–Trinajstić information content (AvgIpc) is 2.86. The highest BCUT2D eigenvalue weighted by Crippen LogP contribution is 2.39. The number of carbonyl (C=O) groups excluding carboxylic acids is 1. The van der Waals surface area contributed by atoms with Crippen LogP contribution in [0.1, 0.15) is 31.2 Å². The first-order chi connectivity index (χ1) is 9.18. The molecule has 3 nitrogen and oxygen atoms in total. The molecule has 2 rings (SSSR count). The predicted octanol–water partition coefficient (Wildman–Crippen LogP) is 3.08. The van der Waals surface area contributed by atoms with E-state index in [1.165, 1.54) is 6.07 Å². The van der Waals surface area contributed by atoms with Gasteiger partial charge in [0, 0.05) is 12.1 Å². The lowest BCUT2D eigenvalue weighted by Gasteiger charge is -2.31. The van der Waals surface area contributed by atoms with E-state index in [1.807, 2.05) is 6.07 Å². The molecule has 0 atom stereocenters. The van der Waals surface area contributed by atoms with Crippen LogP contribution < -0.4 is 10.6 Å². The zero-order valence-electron chi connectivity index (χ0n) is 10.9. The third-order valence-electron chi connectivity index (χ3n) is 3.61. The molecule has 1 fully saturated rings. The molecule has 0 aliphatic heterocycles. The number of hydrogen-bond donors (Lipinski definition) is 2. The smallest absolute Gasteiger partial charge is 0.315 e. The van der Waals surface area contributed by atoms with Crippen molar-refractivity contribution in [3.05, 3.63) is 48.3 Å². The fourth-order valence-electron chi connectivity index (χ4n) is 2.72. The molecular weight excluding hydrogens is 243 g/mol. The molecule has 0 spiro atoms. The van der Waals surface area contributed by atoms with Crippen molar-refractivity contribution in [3.63, 3.8) is 0 Å². The van der Waals surface area contributed by atoms with E-state index in [-0.39, 0.29) is 11.8 Å². The van der Waals surface area contributed by atoms with Crippen molar-refractivity contribution in [1.29, 1.82) is 0 Å². The molecule has 1 aliphatic rings. The zero-order valence-corrected chi connectivity index (χ0v) is 10.9. The second-order valence-corrected chi connectivity index (χ2v) is 4.89. The van der Waals surface area contributed by atoms with E-state index >= 15 is 0 Å². The Bertz CT molecular complexity index is 467. The van der Waals surface area contributed by atoms with Gasteiger partial charge in [-0.1, -0.05) is 37.1 Å². The molecule has 0 bridgehead atoms. The molecule has 19 heavy (non-hydrogen) atoms. The van der Waals surface area contributed by atoms with Gasteiger partial charge in [-0.25, -0.2) is 9.18 Å². The normalized spacial score (nSPS) is 16.9. The number of benzene rings is 1. The van der Waals surface area contributed by atoms with E-state index in [4.69, 9.17) is 0 Å². The van der Waals surface area contributed by atoms with E-state index in [1.54, 1.807) is 18.2 Å². The molecule has 1 aliphatic carbocycles. The van der Waals surface area contributed by atoms with Crippen molar-refractivity contribution in [2.24, 2.45) is 0 Å². The van der Waals surface area contributed by atoms with Crippen LogP contribution in [0, 0.1) is 5.82 Å². The summed E-state index contributed by atoms with van der Waals surface area (Å²) >= 11 is 0. The first kappa shape index (κ1) is 13.6. The molecule has 0 saturated heterocycles. The molecule has 0 heterocycles. The minimum absolute atomic E-state index is 0.256. The number of rotatable bonds is 4. The van der Waals surface area contributed by atoms with E-state index in [2.05, 4.69) is 17.2 Å². The van der Waals surface area contributed by atoms with Crippen LogP contribution in [0.5, 0.6) is 0 Å². The summed E-state index contributed by atoms with van der Waals surface area (Å²) in [5, 5.41) is 5.63. The molecule has 1 saturated carbocycles. The van der Waals surface area contributed by atoms with Crippen LogP contribution in [0.4, 0.5) is 9.18 Å². The van der Waals surface area contributed by atoms with Crippen LogP contribution in [-0.2, 0) is 5.54 Å². The minimum atomic E-state index is -0.573. The molecule has 2 N–H and O–H groups in total. The van der Waals surface area contributed by atoms with Crippen LogP contribution in [0.3, 0.4) is 0 Å². The number of nitrogens with one attached hydrogen (secondary N) is 2. The van der Waals surface area contributed by atoms with Gasteiger partial charge in [-0.3, -0.25) is 0 Å². The fourth-order valence-corrected chi connectivity index (χ4v) is 2.72. The quantitative estimate of drug-likeness (QED) is 0.804. The molecule has 4 heteroatoms. The van der Waals surface area contributed by atoms with Crippen molar-refractivity contribution < 1.29 is 9.18 Å². The van der Waals surface area contributed by atoms with Gasteiger partial charge in [-0.05, 0) is 18.9 Å². The molecule has 1 aromatic rings. The van der Waals surface area contributed by atoms with Gasteiger partial charge >= 0.3 is 6.03 Å². The number of halogens is 1. The lowest BCUT2D eigenvalue weighted by molar-refractivity contribution is 0.224. The first-order valence-corrected chi connectivity index (χ1v) is 6.60. The van der Waals surface area contributed by atoms with Gasteiger partial charge in [0.2, 0.25) is 0 Å². The summed E-state index contributed by atoms with van der Waals surface area (Å²) in [5.74, 6) is -0.256. The Morgan fingerprint density at radius 3 is 2.68 bits per heavy atom. The summed E-state index contributed by atoms with van der Waals surface area (Å²) in [7, 11) is 0. The summed E-state index contributed by atoms with van der Waals surface area (Å²) in [6.07, 6.45) is 5.15. The van der Waals surface area contributed by atoms with E-state index in [9.17, 15) is 9.18 Å². The standard InChI is InChI=1S/C15H19FN2O/c1-2-11-17-14(19)18-15(9-5-6-10-15)12-7-3-4-8-13(12)16/h2-4,7-8H,1,5-6,9-11H2,(H2,17,18,19). The predicted molar refractivity (Wildman–Crippen MR) is 73.3 cm³/mol. The van der Waals surface area contributed by atoms with Gasteiger partial charge in [-0.15, -0.1) is 6.58 Å². The van der Waals surface area contributed by atoms with Crippen LogP contribution in [0.15, 0.2) is 36.9 Å². The SMILES string of the molecule is C=CCNC(=O)NC1(c2ccccc2F)CCCC1. The molecule has 1 aromatic carbocycles. The average molecular weight is 262 g/mol. The highest BCUT2D eigenvalue weighted by Gasteiger charge is 2.38. The number of carbonyl (C=O) groups is 1. The Balaban J connectivity index is 2.21. The Hall–Kier alpha value is -1.84. The molecule has 2 amide bonds. The molecule has 0 aromatic heterocycles. The largest absolute Gasteiger partial charge is 0.335 e. The summed E-state index contributed by atoms with van der Waals surface area (Å²) in [5.41, 5.74) is 0.0117. The molecule has 102 valence electrons. The number of urea groups is 1. The van der Waals surface area contributed by atoms with E-state index in [0.29, 0.717) is 12.1 Å². The van der Waals surface area contributed by atoms with Crippen molar-refractivity contribution in [3.8, 4) is 0 Å². The van der Waals surface area contributed by atoms with E-state index in [0.717, 1.165) is 25.7 Å². The molecule has 0 unspecified atom stereocenters. The fraction of sp³-hybridized carbons (Fsp3) is 0.400. The lowest BCUT2D eigenvalue weighted by atomic mass is 9.88. The van der Waals surface area contributed by atoms with Crippen LogP contribution in [-0.4, -0.2) is 12.6 Å². The second-order valence-electron chi connectivity index (χ2n) is 4.89. The van der Waals surface area contributed by atoms with Crippen molar-refractivity contribution in [1.82, 2.24) is 10.6 Å². The minimum Gasteiger partial charge on any atom is -0.335 e. The first-order valence-electron chi connectivity index (χ1n) is 6.60. The summed E-state index contributed by atoms with van der Waals surface area (Å²) < 4.78 is 14.0. The van der Waals surface area contributed by atoms with Gasteiger partial charge in [0.15, 0.2) is 0 Å². The van der Waals surface area contributed by atoms with Crippen molar-refractivity contribution in [2.75, 3.05) is 6.54 Å². The third kappa shape index (κ3) is 2.95. The lowest BCUT2D eigenvalue weighted by Crippen LogP contribution is -2.49.